The molecule has 0 amide bonds. The largest absolute Gasteiger partial charge is 0.478 e. The Balaban J connectivity index is 3.27. The first-order chi connectivity index (χ1) is 7.79. The number of hydrogen-bond acceptors (Lipinski definition) is 2. The lowest BCUT2D eigenvalue weighted by Crippen LogP contribution is -2.18. The molecule has 1 aromatic heterocycles. The molecule has 0 saturated carbocycles. The van der Waals surface area contributed by atoms with Crippen molar-refractivity contribution in [2.45, 2.75) is 46.1 Å². The summed E-state index contributed by atoms with van der Waals surface area (Å²) in [6, 6.07) is 1.75. The number of rotatable bonds is 4. The minimum Gasteiger partial charge on any atom is -0.478 e. The SMILES string of the molecule is Cc1c(C(=O)O)cc(C(C)(C)C)n1CCCO. The van der Waals surface area contributed by atoms with Gasteiger partial charge in [-0.2, -0.15) is 0 Å². The highest BCUT2D eigenvalue weighted by Gasteiger charge is 2.24. The predicted octanol–water partition coefficient (Wildman–Crippen LogP) is 2.17. The van der Waals surface area contributed by atoms with Gasteiger partial charge in [0.25, 0.3) is 0 Å². The summed E-state index contributed by atoms with van der Waals surface area (Å²) in [5.74, 6) is -0.893. The van der Waals surface area contributed by atoms with Crippen molar-refractivity contribution < 1.29 is 15.0 Å². The number of aromatic carboxylic acids is 1. The number of carboxylic acids is 1. The van der Waals surface area contributed by atoms with Crippen molar-refractivity contribution in [2.24, 2.45) is 0 Å². The molecule has 17 heavy (non-hydrogen) atoms. The number of hydrogen-bond donors (Lipinski definition) is 2. The first-order valence-corrected chi connectivity index (χ1v) is 5.83. The number of aliphatic hydroxyl groups excluding tert-OH is 1. The Hall–Kier alpha value is -1.29. The average molecular weight is 239 g/mol. The number of carbonyl (C=O) groups is 1. The third kappa shape index (κ3) is 2.88. The van der Waals surface area contributed by atoms with Gasteiger partial charge in [-0.3, -0.25) is 0 Å². The van der Waals surface area contributed by atoms with Crippen molar-refractivity contribution in [3.8, 4) is 0 Å². The molecular weight excluding hydrogens is 218 g/mol. The van der Waals surface area contributed by atoms with Crippen LogP contribution in [0, 0.1) is 6.92 Å². The Kier molecular flexibility index (Phi) is 3.98. The lowest BCUT2D eigenvalue weighted by molar-refractivity contribution is 0.0696. The van der Waals surface area contributed by atoms with E-state index in [2.05, 4.69) is 20.8 Å². The lowest BCUT2D eigenvalue weighted by Gasteiger charge is -2.22. The van der Waals surface area contributed by atoms with Crippen LogP contribution in [0.1, 0.15) is 48.9 Å². The minimum absolute atomic E-state index is 0.103. The fourth-order valence-electron chi connectivity index (χ4n) is 2.00. The number of aliphatic hydroxyl groups is 1. The van der Waals surface area contributed by atoms with Crippen LogP contribution < -0.4 is 0 Å². The molecule has 96 valence electrons. The van der Waals surface area contributed by atoms with Crippen LogP contribution in [0.3, 0.4) is 0 Å². The topological polar surface area (TPSA) is 62.5 Å². The van der Waals surface area contributed by atoms with Crippen molar-refractivity contribution in [3.63, 3.8) is 0 Å². The van der Waals surface area contributed by atoms with Gasteiger partial charge in [0, 0.05) is 30.0 Å². The Labute approximate surface area is 102 Å². The van der Waals surface area contributed by atoms with Gasteiger partial charge in [0.1, 0.15) is 0 Å². The third-order valence-electron chi connectivity index (χ3n) is 2.91. The molecule has 0 aliphatic rings. The summed E-state index contributed by atoms with van der Waals surface area (Å²) in [6.45, 7) is 8.76. The smallest absolute Gasteiger partial charge is 0.337 e. The van der Waals surface area contributed by atoms with E-state index in [0.29, 0.717) is 18.5 Å². The van der Waals surface area contributed by atoms with Crippen LogP contribution in [-0.2, 0) is 12.0 Å². The summed E-state index contributed by atoms with van der Waals surface area (Å²) < 4.78 is 2.00. The minimum atomic E-state index is -0.893. The average Bonchev–Trinajstić information content (AvgIpc) is 2.52. The first-order valence-electron chi connectivity index (χ1n) is 5.83. The summed E-state index contributed by atoms with van der Waals surface area (Å²) in [7, 11) is 0. The van der Waals surface area contributed by atoms with Crippen molar-refractivity contribution >= 4 is 5.97 Å². The zero-order chi connectivity index (χ0) is 13.2. The van der Waals surface area contributed by atoms with E-state index in [1.165, 1.54) is 0 Å². The molecule has 1 rings (SSSR count). The van der Waals surface area contributed by atoms with Crippen LogP contribution in [0.2, 0.25) is 0 Å². The highest BCUT2D eigenvalue weighted by atomic mass is 16.4. The molecule has 0 unspecified atom stereocenters. The van der Waals surface area contributed by atoms with Gasteiger partial charge in [-0.15, -0.1) is 0 Å². The molecule has 2 N–H and O–H groups in total. The van der Waals surface area contributed by atoms with Crippen LogP contribution in [0.5, 0.6) is 0 Å². The molecule has 0 radical (unpaired) electrons. The van der Waals surface area contributed by atoms with Crippen LogP contribution in [0.15, 0.2) is 6.07 Å². The highest BCUT2D eigenvalue weighted by Crippen LogP contribution is 2.27. The molecule has 0 aromatic carbocycles. The van der Waals surface area contributed by atoms with E-state index in [0.717, 1.165) is 11.4 Å². The fourth-order valence-corrected chi connectivity index (χ4v) is 2.00. The normalized spacial score (nSPS) is 11.8. The maximum Gasteiger partial charge on any atom is 0.337 e. The highest BCUT2D eigenvalue weighted by molar-refractivity contribution is 5.89. The molecule has 0 aliphatic heterocycles. The van der Waals surface area contributed by atoms with Crippen molar-refractivity contribution in [1.82, 2.24) is 4.57 Å². The van der Waals surface area contributed by atoms with Gasteiger partial charge in [0.2, 0.25) is 0 Å². The Morgan fingerprint density at radius 3 is 2.41 bits per heavy atom. The molecular formula is C13H21NO3. The van der Waals surface area contributed by atoms with Gasteiger partial charge in [-0.25, -0.2) is 4.79 Å². The number of nitrogens with zero attached hydrogens (tertiary/aromatic N) is 1. The van der Waals surface area contributed by atoms with Crippen LogP contribution in [0.4, 0.5) is 0 Å². The molecule has 1 aromatic rings. The lowest BCUT2D eigenvalue weighted by atomic mass is 9.92. The Morgan fingerprint density at radius 1 is 1.41 bits per heavy atom. The van der Waals surface area contributed by atoms with Crippen LogP contribution in [-0.4, -0.2) is 27.4 Å². The van der Waals surface area contributed by atoms with Gasteiger partial charge in [-0.1, -0.05) is 20.8 Å². The van der Waals surface area contributed by atoms with E-state index in [1.54, 1.807) is 6.07 Å². The third-order valence-corrected chi connectivity index (χ3v) is 2.91. The van der Waals surface area contributed by atoms with Gasteiger partial charge >= 0.3 is 5.97 Å². The van der Waals surface area contributed by atoms with Gasteiger partial charge < -0.3 is 14.8 Å². The summed E-state index contributed by atoms with van der Waals surface area (Å²) in [6.07, 6.45) is 0.637. The van der Waals surface area contributed by atoms with Crippen LogP contribution >= 0.6 is 0 Å². The maximum atomic E-state index is 11.1. The molecule has 0 aliphatic carbocycles. The second-order valence-electron chi connectivity index (χ2n) is 5.31. The molecule has 1 heterocycles. The van der Waals surface area contributed by atoms with E-state index in [9.17, 15) is 4.79 Å². The number of carboxylic acid groups (broad SMARTS) is 1. The summed E-state index contributed by atoms with van der Waals surface area (Å²) in [4.78, 5) is 11.1. The Bertz CT molecular complexity index is 413. The molecule has 0 spiro atoms. The van der Waals surface area contributed by atoms with E-state index in [4.69, 9.17) is 10.2 Å². The van der Waals surface area contributed by atoms with Gasteiger partial charge in [0.05, 0.1) is 5.56 Å². The molecule has 0 atom stereocenters. The van der Waals surface area contributed by atoms with E-state index in [1.807, 2.05) is 11.5 Å². The molecule has 0 saturated heterocycles. The summed E-state index contributed by atoms with van der Waals surface area (Å²) in [5.41, 5.74) is 2.01. The second kappa shape index (κ2) is 4.92. The first kappa shape index (κ1) is 13.8. The molecule has 4 nitrogen and oxygen atoms in total. The quantitative estimate of drug-likeness (QED) is 0.846. The van der Waals surface area contributed by atoms with Crippen molar-refractivity contribution in [3.05, 3.63) is 23.0 Å². The monoisotopic (exact) mass is 239 g/mol. The maximum absolute atomic E-state index is 11.1. The fraction of sp³-hybridized carbons (Fsp3) is 0.615. The number of aromatic nitrogens is 1. The van der Waals surface area contributed by atoms with Crippen LogP contribution in [0.25, 0.3) is 0 Å². The Morgan fingerprint density at radius 2 is 2.00 bits per heavy atom. The molecule has 0 bridgehead atoms. The van der Waals surface area contributed by atoms with E-state index in [-0.39, 0.29) is 12.0 Å². The molecule has 4 heteroatoms. The molecule has 0 fully saturated rings. The summed E-state index contributed by atoms with van der Waals surface area (Å²) in [5, 5.41) is 18.0. The second-order valence-corrected chi connectivity index (χ2v) is 5.31. The predicted molar refractivity (Wildman–Crippen MR) is 66.5 cm³/mol. The van der Waals surface area contributed by atoms with E-state index >= 15 is 0 Å². The van der Waals surface area contributed by atoms with E-state index < -0.39 is 5.97 Å². The summed E-state index contributed by atoms with van der Waals surface area (Å²) >= 11 is 0. The zero-order valence-electron chi connectivity index (χ0n) is 10.9. The zero-order valence-corrected chi connectivity index (χ0v) is 10.9. The van der Waals surface area contributed by atoms with Crippen molar-refractivity contribution in [2.75, 3.05) is 6.61 Å². The van der Waals surface area contributed by atoms with Gasteiger partial charge in [-0.05, 0) is 19.4 Å². The van der Waals surface area contributed by atoms with Gasteiger partial charge in [0.15, 0.2) is 0 Å². The van der Waals surface area contributed by atoms with Crippen molar-refractivity contribution in [1.29, 1.82) is 0 Å². The standard InChI is InChI=1S/C13H21NO3/c1-9-10(12(16)17)8-11(13(2,3)4)14(9)6-5-7-15/h8,15H,5-7H2,1-4H3,(H,16,17).